The van der Waals surface area contributed by atoms with Crippen molar-refractivity contribution >= 4 is 0 Å². The van der Waals surface area contributed by atoms with Crippen LogP contribution in [0.5, 0.6) is 0 Å². The zero-order chi connectivity index (χ0) is 9.68. The van der Waals surface area contributed by atoms with E-state index in [4.69, 9.17) is 14.3 Å². The Morgan fingerprint density at radius 1 is 1.69 bits per heavy atom. The fraction of sp³-hybridized carbons (Fsp3) is 0.667. The molecule has 1 aromatic heterocycles. The molecule has 1 heterocycles. The maximum absolute atomic E-state index is 9.15. The van der Waals surface area contributed by atoms with Gasteiger partial charge in [-0.2, -0.15) is 0 Å². The van der Waals surface area contributed by atoms with E-state index in [0.717, 1.165) is 12.8 Å². The summed E-state index contributed by atoms with van der Waals surface area (Å²) in [5, 5.41) is 9.15. The van der Waals surface area contributed by atoms with Crippen molar-refractivity contribution in [3.63, 3.8) is 0 Å². The van der Waals surface area contributed by atoms with Gasteiger partial charge in [0, 0.05) is 20.1 Å². The van der Waals surface area contributed by atoms with Gasteiger partial charge in [-0.1, -0.05) is 0 Å². The first-order chi connectivity index (χ1) is 6.24. The molecular weight excluding hydrogens is 170 g/mol. The highest BCUT2D eigenvalue weighted by Crippen LogP contribution is 2.13. The fourth-order valence-electron chi connectivity index (χ4n) is 1.00. The van der Waals surface area contributed by atoms with Gasteiger partial charge in [-0.25, -0.2) is 4.98 Å². The van der Waals surface area contributed by atoms with Crippen LogP contribution in [0.1, 0.15) is 31.1 Å². The van der Waals surface area contributed by atoms with Crippen LogP contribution in [0.2, 0.25) is 0 Å². The summed E-state index contributed by atoms with van der Waals surface area (Å²) in [5.74, 6) is 1.18. The Balaban J connectivity index is 2.40. The molecule has 0 aromatic carbocycles. The first-order valence-corrected chi connectivity index (χ1v) is 4.35. The smallest absolute Gasteiger partial charge is 0.194 e. The molecule has 1 aromatic rings. The molecule has 0 aliphatic rings. The third-order valence-corrected chi connectivity index (χ3v) is 1.72. The lowest BCUT2D eigenvalue weighted by molar-refractivity contribution is 0.165. The Labute approximate surface area is 77.5 Å². The Kier molecular flexibility index (Phi) is 3.92. The van der Waals surface area contributed by atoms with E-state index in [0.29, 0.717) is 18.3 Å². The van der Waals surface area contributed by atoms with E-state index in [9.17, 15) is 0 Å². The van der Waals surface area contributed by atoms with Crippen molar-refractivity contribution in [3.05, 3.63) is 17.8 Å². The molecule has 1 unspecified atom stereocenters. The van der Waals surface area contributed by atoms with Crippen LogP contribution in [0.25, 0.3) is 0 Å². The van der Waals surface area contributed by atoms with E-state index in [1.807, 2.05) is 0 Å². The largest absolute Gasteiger partial charge is 0.443 e. The minimum absolute atomic E-state index is 0.521. The predicted molar refractivity (Wildman–Crippen MR) is 47.3 cm³/mol. The number of methoxy groups -OCH3 is 1. The van der Waals surface area contributed by atoms with E-state index >= 15 is 0 Å². The Hall–Kier alpha value is -0.870. The van der Waals surface area contributed by atoms with Crippen LogP contribution >= 0.6 is 0 Å². The lowest BCUT2D eigenvalue weighted by Crippen LogP contribution is -1.92. The summed E-state index contributed by atoms with van der Waals surface area (Å²) in [5.41, 5.74) is 0. The zero-order valence-corrected chi connectivity index (χ0v) is 7.99. The zero-order valence-electron chi connectivity index (χ0n) is 7.99. The molecule has 1 N–H and O–H groups in total. The van der Waals surface area contributed by atoms with Crippen molar-refractivity contribution in [2.75, 3.05) is 13.7 Å². The van der Waals surface area contributed by atoms with Crippen LogP contribution in [0.3, 0.4) is 0 Å². The van der Waals surface area contributed by atoms with Crippen molar-refractivity contribution in [1.82, 2.24) is 4.98 Å². The number of hydrogen-bond donors (Lipinski definition) is 1. The summed E-state index contributed by atoms with van der Waals surface area (Å²) < 4.78 is 10.2. The lowest BCUT2D eigenvalue weighted by Gasteiger charge is -1.97. The first-order valence-electron chi connectivity index (χ1n) is 4.35. The predicted octanol–water partition coefficient (Wildman–Crippen LogP) is 1.31. The fourth-order valence-corrected chi connectivity index (χ4v) is 1.00. The summed E-state index contributed by atoms with van der Waals surface area (Å²) >= 11 is 0. The van der Waals surface area contributed by atoms with Crippen LogP contribution < -0.4 is 0 Å². The monoisotopic (exact) mass is 185 g/mol. The minimum Gasteiger partial charge on any atom is -0.443 e. The average Bonchev–Trinajstić information content (AvgIpc) is 2.53. The molecule has 0 amide bonds. The first kappa shape index (κ1) is 10.2. The highest BCUT2D eigenvalue weighted by atomic mass is 16.5. The number of ether oxygens (including phenoxy) is 1. The Morgan fingerprint density at radius 2 is 2.46 bits per heavy atom. The number of oxazole rings is 1. The van der Waals surface area contributed by atoms with Crippen LogP contribution in [0.15, 0.2) is 10.6 Å². The third-order valence-electron chi connectivity index (χ3n) is 1.72. The quantitative estimate of drug-likeness (QED) is 0.702. The van der Waals surface area contributed by atoms with Gasteiger partial charge in [-0.05, 0) is 13.3 Å². The number of aryl methyl sites for hydroxylation is 1. The van der Waals surface area contributed by atoms with Gasteiger partial charge in [0.2, 0.25) is 0 Å². The molecule has 0 aliphatic carbocycles. The molecule has 1 atom stereocenters. The number of rotatable bonds is 5. The topological polar surface area (TPSA) is 55.5 Å². The van der Waals surface area contributed by atoms with Crippen LogP contribution in [0, 0.1) is 0 Å². The summed E-state index contributed by atoms with van der Waals surface area (Å²) in [6.07, 6.45) is 2.62. The van der Waals surface area contributed by atoms with E-state index in [2.05, 4.69) is 4.98 Å². The molecule has 0 radical (unpaired) electrons. The van der Waals surface area contributed by atoms with Gasteiger partial charge in [-0.15, -0.1) is 0 Å². The average molecular weight is 185 g/mol. The van der Waals surface area contributed by atoms with E-state index in [1.54, 1.807) is 20.2 Å². The standard InChI is InChI=1S/C9H15NO3/c1-7(11)8-6-10-9(13-8)4-3-5-12-2/h6-7,11H,3-5H2,1-2H3. The SMILES string of the molecule is COCCCc1ncc(C(C)O)o1. The molecule has 0 aliphatic heterocycles. The Morgan fingerprint density at radius 3 is 3.00 bits per heavy atom. The van der Waals surface area contributed by atoms with Gasteiger partial charge in [0.05, 0.1) is 6.20 Å². The van der Waals surface area contributed by atoms with Gasteiger partial charge in [0.15, 0.2) is 11.7 Å². The van der Waals surface area contributed by atoms with Gasteiger partial charge in [0.25, 0.3) is 0 Å². The molecule has 13 heavy (non-hydrogen) atoms. The molecule has 4 nitrogen and oxygen atoms in total. The van der Waals surface area contributed by atoms with Crippen LogP contribution in [-0.2, 0) is 11.2 Å². The lowest BCUT2D eigenvalue weighted by atomic mass is 10.3. The maximum Gasteiger partial charge on any atom is 0.194 e. The van der Waals surface area contributed by atoms with Crippen molar-refractivity contribution < 1.29 is 14.3 Å². The van der Waals surface area contributed by atoms with Crippen LogP contribution in [-0.4, -0.2) is 23.8 Å². The van der Waals surface area contributed by atoms with Crippen molar-refractivity contribution in [2.24, 2.45) is 0 Å². The number of nitrogens with zero attached hydrogens (tertiary/aromatic N) is 1. The molecular formula is C9H15NO3. The summed E-state index contributed by atoms with van der Waals surface area (Å²) in [7, 11) is 1.66. The second-order valence-electron chi connectivity index (χ2n) is 2.93. The van der Waals surface area contributed by atoms with Gasteiger partial charge < -0.3 is 14.3 Å². The second kappa shape index (κ2) is 4.99. The summed E-state index contributed by atoms with van der Waals surface area (Å²) in [6.45, 7) is 2.35. The molecule has 0 saturated carbocycles. The number of aliphatic hydroxyl groups is 1. The second-order valence-corrected chi connectivity index (χ2v) is 2.93. The molecule has 0 saturated heterocycles. The summed E-state index contributed by atoms with van der Waals surface area (Å²) in [6, 6.07) is 0. The van der Waals surface area contributed by atoms with Crippen LogP contribution in [0.4, 0.5) is 0 Å². The molecule has 74 valence electrons. The van der Waals surface area contributed by atoms with E-state index in [1.165, 1.54) is 0 Å². The van der Waals surface area contributed by atoms with Gasteiger partial charge >= 0.3 is 0 Å². The Bertz CT molecular complexity index is 245. The van der Waals surface area contributed by atoms with Gasteiger partial charge in [0.1, 0.15) is 6.10 Å². The van der Waals surface area contributed by atoms with Crippen molar-refractivity contribution in [1.29, 1.82) is 0 Å². The molecule has 4 heteroatoms. The van der Waals surface area contributed by atoms with Crippen molar-refractivity contribution in [2.45, 2.75) is 25.9 Å². The highest BCUT2D eigenvalue weighted by molar-refractivity contribution is 4.96. The molecule has 1 rings (SSSR count). The van der Waals surface area contributed by atoms with Crippen molar-refractivity contribution in [3.8, 4) is 0 Å². The van der Waals surface area contributed by atoms with E-state index < -0.39 is 6.10 Å². The summed E-state index contributed by atoms with van der Waals surface area (Å²) in [4.78, 5) is 4.03. The van der Waals surface area contributed by atoms with E-state index in [-0.39, 0.29) is 0 Å². The minimum atomic E-state index is -0.580. The maximum atomic E-state index is 9.15. The highest BCUT2D eigenvalue weighted by Gasteiger charge is 2.07. The molecule has 0 spiro atoms. The number of aliphatic hydroxyl groups excluding tert-OH is 1. The molecule has 0 fully saturated rings. The third kappa shape index (κ3) is 3.16. The van der Waals surface area contributed by atoms with Gasteiger partial charge in [-0.3, -0.25) is 0 Å². The number of hydrogen-bond acceptors (Lipinski definition) is 4. The number of aromatic nitrogens is 1. The normalized spacial score (nSPS) is 13.2. The molecule has 0 bridgehead atoms.